The molecule has 0 aromatic heterocycles. The van der Waals surface area contributed by atoms with Crippen molar-refractivity contribution in [2.75, 3.05) is 0 Å². The van der Waals surface area contributed by atoms with E-state index >= 15 is 0 Å². The predicted molar refractivity (Wildman–Crippen MR) is 80.5 cm³/mol. The Morgan fingerprint density at radius 1 is 0.588 bits per heavy atom. The molecule has 1 unspecified atom stereocenters. The molecule has 0 nitrogen and oxygen atoms in total. The summed E-state index contributed by atoms with van der Waals surface area (Å²) < 4.78 is 0. The van der Waals surface area contributed by atoms with Crippen molar-refractivity contribution >= 4 is 0 Å². The molecule has 0 N–H and O–H groups in total. The van der Waals surface area contributed by atoms with E-state index in [2.05, 4.69) is 27.7 Å². The van der Waals surface area contributed by atoms with Crippen molar-refractivity contribution in [3.8, 4) is 0 Å². The Balaban J connectivity index is 3.49. The molecule has 104 valence electrons. The summed E-state index contributed by atoms with van der Waals surface area (Å²) in [5.74, 6) is 1.88. The zero-order valence-corrected chi connectivity index (χ0v) is 12.9. The molecular weight excluding hydrogens is 204 g/mol. The van der Waals surface area contributed by atoms with Gasteiger partial charge in [-0.3, -0.25) is 0 Å². The van der Waals surface area contributed by atoms with Crippen molar-refractivity contribution in [1.29, 1.82) is 0 Å². The molecule has 17 heavy (non-hydrogen) atoms. The first-order valence-corrected chi connectivity index (χ1v) is 8.22. The molecule has 0 rings (SSSR count). The maximum absolute atomic E-state index is 2.41. The van der Waals surface area contributed by atoms with Crippen LogP contribution >= 0.6 is 0 Å². The summed E-state index contributed by atoms with van der Waals surface area (Å²) in [5, 5.41) is 0. The van der Waals surface area contributed by atoms with Crippen LogP contribution in [0.25, 0.3) is 0 Å². The van der Waals surface area contributed by atoms with Gasteiger partial charge in [0.05, 0.1) is 0 Å². The van der Waals surface area contributed by atoms with E-state index in [1.165, 1.54) is 70.6 Å². The second-order valence-electron chi connectivity index (χ2n) is 6.06. The summed E-state index contributed by atoms with van der Waals surface area (Å²) in [4.78, 5) is 0. The average molecular weight is 240 g/mol. The van der Waals surface area contributed by atoms with E-state index in [0.29, 0.717) is 0 Å². The van der Waals surface area contributed by atoms with Gasteiger partial charge in [-0.25, -0.2) is 0 Å². The molecule has 0 aliphatic rings. The highest BCUT2D eigenvalue weighted by Crippen LogP contribution is 2.25. The standard InChI is InChI=1S/C17H36/c1-5-7-9-10-11-13-15-17(16(3)4)14-12-8-6-2/h16-17H,5-15H2,1-4H3. The van der Waals surface area contributed by atoms with Crippen LogP contribution in [0.5, 0.6) is 0 Å². The van der Waals surface area contributed by atoms with E-state index in [1.807, 2.05) is 0 Å². The lowest BCUT2D eigenvalue weighted by Crippen LogP contribution is -2.08. The zero-order valence-electron chi connectivity index (χ0n) is 12.9. The fourth-order valence-electron chi connectivity index (χ4n) is 2.65. The number of unbranched alkanes of at least 4 members (excludes halogenated alkanes) is 7. The first-order chi connectivity index (χ1) is 8.22. The molecule has 0 aromatic carbocycles. The van der Waals surface area contributed by atoms with Crippen LogP contribution in [-0.2, 0) is 0 Å². The van der Waals surface area contributed by atoms with E-state index < -0.39 is 0 Å². The first kappa shape index (κ1) is 17.0. The molecule has 0 saturated heterocycles. The summed E-state index contributed by atoms with van der Waals surface area (Å²) in [6.45, 7) is 9.42. The fraction of sp³-hybridized carbons (Fsp3) is 1.00. The van der Waals surface area contributed by atoms with E-state index in [0.717, 1.165) is 11.8 Å². The maximum Gasteiger partial charge on any atom is -0.0391 e. The van der Waals surface area contributed by atoms with E-state index in [4.69, 9.17) is 0 Å². The van der Waals surface area contributed by atoms with Crippen LogP contribution in [0.1, 0.15) is 98.3 Å². The van der Waals surface area contributed by atoms with Crippen LogP contribution < -0.4 is 0 Å². The number of rotatable bonds is 12. The van der Waals surface area contributed by atoms with Gasteiger partial charge >= 0.3 is 0 Å². The third-order valence-electron chi connectivity index (χ3n) is 4.05. The van der Waals surface area contributed by atoms with E-state index in [-0.39, 0.29) is 0 Å². The first-order valence-electron chi connectivity index (χ1n) is 8.22. The minimum absolute atomic E-state index is 0.891. The number of hydrogen-bond acceptors (Lipinski definition) is 0. The molecule has 0 aromatic rings. The summed E-state index contributed by atoms with van der Waals surface area (Å²) in [6.07, 6.45) is 15.9. The Kier molecular flexibility index (Phi) is 12.5. The summed E-state index contributed by atoms with van der Waals surface area (Å²) in [7, 11) is 0. The summed E-state index contributed by atoms with van der Waals surface area (Å²) in [5.41, 5.74) is 0. The molecule has 0 spiro atoms. The third-order valence-corrected chi connectivity index (χ3v) is 4.05. The van der Waals surface area contributed by atoms with Crippen molar-refractivity contribution < 1.29 is 0 Å². The van der Waals surface area contributed by atoms with Crippen molar-refractivity contribution in [2.24, 2.45) is 11.8 Å². The van der Waals surface area contributed by atoms with Crippen molar-refractivity contribution in [2.45, 2.75) is 98.3 Å². The molecule has 0 fully saturated rings. The molecule has 0 aliphatic heterocycles. The smallest absolute Gasteiger partial charge is 0.0391 e. The highest BCUT2D eigenvalue weighted by atomic mass is 14.2. The second kappa shape index (κ2) is 12.5. The minimum atomic E-state index is 0.891. The normalized spacial score (nSPS) is 13.2. The monoisotopic (exact) mass is 240 g/mol. The van der Waals surface area contributed by atoms with Gasteiger partial charge < -0.3 is 0 Å². The molecule has 0 aliphatic carbocycles. The highest BCUT2D eigenvalue weighted by Gasteiger charge is 2.12. The van der Waals surface area contributed by atoms with Crippen molar-refractivity contribution in [3.05, 3.63) is 0 Å². The average Bonchev–Trinajstić information content (AvgIpc) is 2.31. The van der Waals surface area contributed by atoms with Crippen LogP contribution in [0.15, 0.2) is 0 Å². The Hall–Kier alpha value is 0. The lowest BCUT2D eigenvalue weighted by molar-refractivity contribution is 0.314. The second-order valence-corrected chi connectivity index (χ2v) is 6.06. The summed E-state index contributed by atoms with van der Waals surface area (Å²) >= 11 is 0. The molecule has 0 saturated carbocycles. The molecular formula is C17H36. The molecule has 0 heterocycles. The Morgan fingerprint density at radius 3 is 1.53 bits per heavy atom. The van der Waals surface area contributed by atoms with Crippen molar-refractivity contribution in [1.82, 2.24) is 0 Å². The SMILES string of the molecule is CCCCCCCCC(CCCCC)C(C)C. The van der Waals surface area contributed by atoms with Crippen LogP contribution in [0.2, 0.25) is 0 Å². The van der Waals surface area contributed by atoms with Gasteiger partial charge in [0.25, 0.3) is 0 Å². The van der Waals surface area contributed by atoms with Gasteiger partial charge in [-0.2, -0.15) is 0 Å². The van der Waals surface area contributed by atoms with Gasteiger partial charge in [-0.1, -0.05) is 98.3 Å². The molecule has 0 amide bonds. The van der Waals surface area contributed by atoms with Crippen molar-refractivity contribution in [3.63, 3.8) is 0 Å². The summed E-state index contributed by atoms with van der Waals surface area (Å²) in [6, 6.07) is 0. The number of hydrogen-bond donors (Lipinski definition) is 0. The van der Waals surface area contributed by atoms with E-state index in [9.17, 15) is 0 Å². The molecule has 0 bridgehead atoms. The van der Waals surface area contributed by atoms with Gasteiger partial charge in [-0.15, -0.1) is 0 Å². The van der Waals surface area contributed by atoms with Gasteiger partial charge in [0.2, 0.25) is 0 Å². The van der Waals surface area contributed by atoms with Gasteiger partial charge in [0.15, 0.2) is 0 Å². The van der Waals surface area contributed by atoms with Gasteiger partial charge in [0, 0.05) is 0 Å². The quantitative estimate of drug-likeness (QED) is 0.338. The topological polar surface area (TPSA) is 0 Å². The van der Waals surface area contributed by atoms with Gasteiger partial charge in [-0.05, 0) is 11.8 Å². The molecule has 0 radical (unpaired) electrons. The van der Waals surface area contributed by atoms with Gasteiger partial charge in [0.1, 0.15) is 0 Å². The van der Waals surface area contributed by atoms with Crippen LogP contribution in [0.3, 0.4) is 0 Å². The maximum atomic E-state index is 2.41. The Morgan fingerprint density at radius 2 is 1.00 bits per heavy atom. The lowest BCUT2D eigenvalue weighted by Gasteiger charge is -2.20. The van der Waals surface area contributed by atoms with Crippen LogP contribution in [0.4, 0.5) is 0 Å². The molecule has 1 atom stereocenters. The largest absolute Gasteiger partial charge is 0.0654 e. The van der Waals surface area contributed by atoms with Crippen LogP contribution in [-0.4, -0.2) is 0 Å². The Labute approximate surface area is 111 Å². The molecule has 0 heteroatoms. The predicted octanol–water partition coefficient (Wildman–Crippen LogP) is 6.59. The zero-order chi connectivity index (χ0) is 12.9. The Bertz CT molecular complexity index is 137. The van der Waals surface area contributed by atoms with Crippen LogP contribution in [0, 0.1) is 11.8 Å². The minimum Gasteiger partial charge on any atom is -0.0654 e. The highest BCUT2D eigenvalue weighted by molar-refractivity contribution is 4.64. The third kappa shape index (κ3) is 10.9. The lowest BCUT2D eigenvalue weighted by atomic mass is 9.86. The fourth-order valence-corrected chi connectivity index (χ4v) is 2.65. The van der Waals surface area contributed by atoms with E-state index in [1.54, 1.807) is 0 Å².